The van der Waals surface area contributed by atoms with Crippen molar-refractivity contribution in [1.29, 1.82) is 0 Å². The van der Waals surface area contributed by atoms with Crippen LogP contribution in [0.4, 0.5) is 0 Å². The molecule has 0 atom stereocenters. The van der Waals surface area contributed by atoms with Gasteiger partial charge in [0.1, 0.15) is 5.75 Å². The van der Waals surface area contributed by atoms with Crippen molar-refractivity contribution in [2.24, 2.45) is 0 Å². The first-order valence-electron chi connectivity index (χ1n) is 5.49. The van der Waals surface area contributed by atoms with Crippen LogP contribution in [0.15, 0.2) is 24.3 Å². The molecule has 1 aromatic carbocycles. The number of hydrogen-bond acceptors (Lipinski definition) is 1. The maximum atomic E-state index is 6.10. The minimum absolute atomic E-state index is 0.149. The third kappa shape index (κ3) is 3.71. The van der Waals surface area contributed by atoms with Crippen LogP contribution in [0.1, 0.15) is 26.3 Å². The third-order valence-electron chi connectivity index (χ3n) is 2.11. The van der Waals surface area contributed by atoms with Gasteiger partial charge in [0.25, 0.3) is 0 Å². The highest BCUT2D eigenvalue weighted by atomic mass is 28.4. The van der Waals surface area contributed by atoms with Gasteiger partial charge in [-0.15, -0.1) is 0 Å². The summed E-state index contributed by atoms with van der Waals surface area (Å²) in [7, 11) is -1.51. The Balaban J connectivity index is 3.08. The number of hydrogen-bond donors (Lipinski definition) is 0. The zero-order valence-electron chi connectivity index (χ0n) is 10.7. The van der Waals surface area contributed by atoms with Gasteiger partial charge in [-0.2, -0.15) is 0 Å². The van der Waals surface area contributed by atoms with Crippen LogP contribution in [-0.4, -0.2) is 8.32 Å². The molecule has 0 aliphatic carbocycles. The highest BCUT2D eigenvalue weighted by Crippen LogP contribution is 2.32. The molecule has 0 amide bonds. The Labute approximate surface area is 94.6 Å². The van der Waals surface area contributed by atoms with Crippen LogP contribution in [0.25, 0.3) is 0 Å². The lowest BCUT2D eigenvalue weighted by atomic mass is 9.86. The van der Waals surface area contributed by atoms with E-state index in [0.717, 1.165) is 5.75 Å². The SMILES string of the molecule is CC(C)(C)c1ccccc1O[Si](C)(C)C. The maximum Gasteiger partial charge on any atom is 0.242 e. The first-order chi connectivity index (χ1) is 6.70. The second-order valence-corrected chi connectivity index (χ2v) is 10.4. The highest BCUT2D eigenvalue weighted by Gasteiger charge is 2.22. The average molecular weight is 222 g/mol. The van der Waals surface area contributed by atoms with Gasteiger partial charge >= 0.3 is 0 Å². The molecule has 0 radical (unpaired) electrons. The van der Waals surface area contributed by atoms with Gasteiger partial charge in [0.2, 0.25) is 8.32 Å². The van der Waals surface area contributed by atoms with Crippen molar-refractivity contribution >= 4 is 8.32 Å². The Morgan fingerprint density at radius 3 is 2.00 bits per heavy atom. The van der Waals surface area contributed by atoms with E-state index in [-0.39, 0.29) is 5.41 Å². The lowest BCUT2D eigenvalue weighted by Crippen LogP contribution is -2.30. The summed E-state index contributed by atoms with van der Waals surface area (Å²) in [4.78, 5) is 0. The molecule has 1 nitrogen and oxygen atoms in total. The zero-order valence-corrected chi connectivity index (χ0v) is 11.7. The van der Waals surface area contributed by atoms with E-state index in [2.05, 4.69) is 58.6 Å². The summed E-state index contributed by atoms with van der Waals surface area (Å²) in [6.45, 7) is 13.3. The fraction of sp³-hybridized carbons (Fsp3) is 0.538. The molecule has 0 aliphatic rings. The van der Waals surface area contributed by atoms with Gasteiger partial charge in [0.15, 0.2) is 0 Å². The van der Waals surface area contributed by atoms with Crippen molar-refractivity contribution in [1.82, 2.24) is 0 Å². The van der Waals surface area contributed by atoms with E-state index < -0.39 is 8.32 Å². The Hall–Kier alpha value is -0.763. The molecule has 0 unspecified atom stereocenters. The summed E-state index contributed by atoms with van der Waals surface area (Å²) in [5, 5.41) is 0. The molecular weight excluding hydrogens is 200 g/mol. The van der Waals surface area contributed by atoms with Gasteiger partial charge in [-0.25, -0.2) is 0 Å². The molecule has 0 saturated carbocycles. The summed E-state index contributed by atoms with van der Waals surface area (Å²) < 4.78 is 6.10. The van der Waals surface area contributed by atoms with Crippen LogP contribution < -0.4 is 4.43 Å². The molecule has 0 aliphatic heterocycles. The molecule has 2 heteroatoms. The second-order valence-electron chi connectivity index (χ2n) is 5.96. The summed E-state index contributed by atoms with van der Waals surface area (Å²) in [6.07, 6.45) is 0. The van der Waals surface area contributed by atoms with Crippen molar-refractivity contribution in [3.63, 3.8) is 0 Å². The lowest BCUT2D eigenvalue weighted by Gasteiger charge is -2.27. The Morgan fingerprint density at radius 1 is 1.00 bits per heavy atom. The highest BCUT2D eigenvalue weighted by molar-refractivity contribution is 6.70. The molecule has 0 fully saturated rings. The molecule has 1 rings (SSSR count). The van der Waals surface area contributed by atoms with Crippen molar-refractivity contribution in [2.45, 2.75) is 45.8 Å². The predicted octanol–water partition coefficient (Wildman–Crippen LogP) is 4.20. The van der Waals surface area contributed by atoms with Crippen molar-refractivity contribution in [2.75, 3.05) is 0 Å². The largest absolute Gasteiger partial charge is 0.544 e. The van der Waals surface area contributed by atoms with Crippen LogP contribution in [0.2, 0.25) is 19.6 Å². The van der Waals surface area contributed by atoms with E-state index in [0.29, 0.717) is 0 Å². The van der Waals surface area contributed by atoms with E-state index in [4.69, 9.17) is 4.43 Å². The Kier molecular flexibility index (Phi) is 3.29. The summed E-state index contributed by atoms with van der Waals surface area (Å²) in [5.74, 6) is 1.06. The molecule has 0 saturated heterocycles. The molecule has 0 aromatic heterocycles. The molecule has 84 valence electrons. The van der Waals surface area contributed by atoms with Crippen LogP contribution in [0.3, 0.4) is 0 Å². The molecular formula is C13H22OSi. The monoisotopic (exact) mass is 222 g/mol. The first kappa shape index (κ1) is 12.3. The first-order valence-corrected chi connectivity index (χ1v) is 8.89. The van der Waals surface area contributed by atoms with Crippen LogP contribution in [-0.2, 0) is 5.41 Å². The molecule has 0 bridgehead atoms. The molecule has 0 heterocycles. The Bertz CT molecular complexity index is 331. The van der Waals surface area contributed by atoms with E-state index >= 15 is 0 Å². The van der Waals surface area contributed by atoms with Crippen LogP contribution in [0.5, 0.6) is 5.75 Å². The minimum atomic E-state index is -1.51. The summed E-state index contributed by atoms with van der Waals surface area (Å²) in [5.41, 5.74) is 1.45. The van der Waals surface area contributed by atoms with Crippen LogP contribution in [0, 0.1) is 0 Å². The number of para-hydroxylation sites is 1. The van der Waals surface area contributed by atoms with Crippen LogP contribution >= 0.6 is 0 Å². The van der Waals surface area contributed by atoms with E-state index in [9.17, 15) is 0 Å². The number of benzene rings is 1. The van der Waals surface area contributed by atoms with Gasteiger partial charge in [0.05, 0.1) is 0 Å². The normalized spacial score (nSPS) is 12.7. The van der Waals surface area contributed by atoms with Gasteiger partial charge < -0.3 is 4.43 Å². The van der Waals surface area contributed by atoms with Gasteiger partial charge in [-0.3, -0.25) is 0 Å². The van der Waals surface area contributed by atoms with E-state index in [1.807, 2.05) is 6.07 Å². The van der Waals surface area contributed by atoms with Gasteiger partial charge in [-0.05, 0) is 36.7 Å². The predicted molar refractivity (Wildman–Crippen MR) is 69.1 cm³/mol. The van der Waals surface area contributed by atoms with Crippen molar-refractivity contribution < 1.29 is 4.43 Å². The zero-order chi connectivity index (χ0) is 11.7. The van der Waals surface area contributed by atoms with Gasteiger partial charge in [0, 0.05) is 0 Å². The maximum absolute atomic E-state index is 6.10. The lowest BCUT2D eigenvalue weighted by molar-refractivity contribution is 0.508. The Morgan fingerprint density at radius 2 is 1.53 bits per heavy atom. The average Bonchev–Trinajstić information content (AvgIpc) is 1.99. The molecule has 0 N–H and O–H groups in total. The van der Waals surface area contributed by atoms with Gasteiger partial charge in [-0.1, -0.05) is 39.0 Å². The van der Waals surface area contributed by atoms with E-state index in [1.54, 1.807) is 0 Å². The molecule has 0 spiro atoms. The van der Waals surface area contributed by atoms with Crippen molar-refractivity contribution in [3.8, 4) is 5.75 Å². The topological polar surface area (TPSA) is 9.23 Å². The van der Waals surface area contributed by atoms with E-state index in [1.165, 1.54) is 5.56 Å². The number of rotatable bonds is 2. The summed E-state index contributed by atoms with van der Waals surface area (Å²) in [6, 6.07) is 8.37. The third-order valence-corrected chi connectivity index (χ3v) is 2.94. The molecule has 1 aromatic rings. The fourth-order valence-electron chi connectivity index (χ4n) is 1.51. The molecule has 15 heavy (non-hydrogen) atoms. The standard InChI is InChI=1S/C13H22OSi/c1-13(2,3)11-9-7-8-10-12(11)14-15(4,5)6/h7-10H,1-6H3. The second kappa shape index (κ2) is 4.01. The van der Waals surface area contributed by atoms with Crippen molar-refractivity contribution in [3.05, 3.63) is 29.8 Å². The fourth-order valence-corrected chi connectivity index (χ4v) is 2.34. The summed E-state index contributed by atoms with van der Waals surface area (Å²) >= 11 is 0. The smallest absolute Gasteiger partial charge is 0.242 e. The quantitative estimate of drug-likeness (QED) is 0.682. The minimum Gasteiger partial charge on any atom is -0.544 e.